The number of rotatable bonds is 6. The lowest BCUT2D eigenvalue weighted by Crippen LogP contribution is -2.56. The lowest BCUT2D eigenvalue weighted by molar-refractivity contribution is -0.151. The number of carbonyl (C=O) groups is 1. The monoisotopic (exact) mass is 368 g/mol. The Morgan fingerprint density at radius 2 is 1.85 bits per heavy atom. The Kier molecular flexibility index (Phi) is 5.06. The van der Waals surface area contributed by atoms with E-state index < -0.39 is 0 Å². The van der Waals surface area contributed by atoms with Crippen molar-refractivity contribution in [3.8, 4) is 23.8 Å². The summed E-state index contributed by atoms with van der Waals surface area (Å²) in [6, 6.07) is 3.58. The molecule has 27 heavy (non-hydrogen) atoms. The van der Waals surface area contributed by atoms with E-state index in [-0.39, 0.29) is 39.9 Å². The Bertz CT molecular complexity index is 758. The van der Waals surface area contributed by atoms with E-state index in [4.69, 9.17) is 6.42 Å². The molecule has 0 unspecified atom stereocenters. The number of carbonyl (C=O) groups excluding carboxylic acids is 1. The van der Waals surface area contributed by atoms with Crippen LogP contribution in [-0.2, 0) is 10.2 Å². The van der Waals surface area contributed by atoms with E-state index in [1.54, 1.807) is 12.1 Å². The van der Waals surface area contributed by atoms with Gasteiger partial charge in [0, 0.05) is 30.2 Å². The van der Waals surface area contributed by atoms with Gasteiger partial charge in [-0.05, 0) is 53.7 Å². The molecular formula is C24H32O3. The molecule has 1 aromatic rings. The van der Waals surface area contributed by atoms with Crippen LogP contribution in [0.1, 0.15) is 83.3 Å². The number of phenols is 2. The van der Waals surface area contributed by atoms with Crippen LogP contribution in [0.25, 0.3) is 0 Å². The SMILES string of the molecule is C#CCCCCC(C)(C)c1cc(O)c([C@@H]2CC(=O)[C@H]3C[C@@H]2C3(C)C)c(O)c1. The van der Waals surface area contributed by atoms with Crippen LogP contribution >= 0.6 is 0 Å². The van der Waals surface area contributed by atoms with E-state index >= 15 is 0 Å². The van der Waals surface area contributed by atoms with Crippen molar-refractivity contribution in [1.82, 2.24) is 0 Å². The summed E-state index contributed by atoms with van der Waals surface area (Å²) in [7, 11) is 0. The lowest BCUT2D eigenvalue weighted by Gasteiger charge is -2.59. The minimum atomic E-state index is -0.161. The van der Waals surface area contributed by atoms with Gasteiger partial charge in [-0.2, -0.15) is 0 Å². The normalized spacial score (nSPS) is 26.3. The van der Waals surface area contributed by atoms with E-state index in [0.717, 1.165) is 37.7 Å². The summed E-state index contributed by atoms with van der Waals surface area (Å²) < 4.78 is 0. The number of aromatic hydroxyl groups is 2. The highest BCUT2D eigenvalue weighted by Gasteiger charge is 2.59. The molecule has 3 fully saturated rings. The molecule has 3 aliphatic carbocycles. The maximum Gasteiger partial charge on any atom is 0.137 e. The Labute approximate surface area is 163 Å². The van der Waals surface area contributed by atoms with Gasteiger partial charge >= 0.3 is 0 Å². The Balaban J connectivity index is 1.86. The molecule has 1 aromatic carbocycles. The summed E-state index contributed by atoms with van der Waals surface area (Å²) in [5.41, 5.74) is 1.28. The molecule has 0 saturated heterocycles. The molecule has 0 aromatic heterocycles. The van der Waals surface area contributed by atoms with E-state index in [1.165, 1.54) is 0 Å². The first-order valence-electron chi connectivity index (χ1n) is 10.1. The van der Waals surface area contributed by atoms with Crippen molar-refractivity contribution >= 4 is 5.78 Å². The van der Waals surface area contributed by atoms with Gasteiger partial charge in [-0.1, -0.05) is 34.1 Å². The number of Topliss-reactive ketones (excluding diaryl/α,β-unsaturated/α-hetero) is 1. The number of ketones is 1. The van der Waals surface area contributed by atoms with Gasteiger partial charge in [0.05, 0.1) is 0 Å². The third-order valence-electron chi connectivity index (χ3n) is 7.30. The van der Waals surface area contributed by atoms with E-state index in [0.29, 0.717) is 17.9 Å². The van der Waals surface area contributed by atoms with Gasteiger partial charge in [0.15, 0.2) is 0 Å². The molecule has 146 valence electrons. The number of hydrogen-bond acceptors (Lipinski definition) is 3. The molecule has 3 atom stereocenters. The zero-order chi connectivity index (χ0) is 20.0. The van der Waals surface area contributed by atoms with Crippen LogP contribution in [0.15, 0.2) is 12.1 Å². The first-order valence-corrected chi connectivity index (χ1v) is 10.1. The summed E-state index contributed by atoms with van der Waals surface area (Å²) >= 11 is 0. The van der Waals surface area contributed by atoms with Crippen LogP contribution in [0, 0.1) is 29.6 Å². The summed E-state index contributed by atoms with van der Waals surface area (Å²) in [6.07, 6.45) is 10.3. The highest BCUT2D eigenvalue weighted by atomic mass is 16.3. The number of fused-ring (bicyclic) bond motifs is 2. The van der Waals surface area contributed by atoms with Crippen molar-refractivity contribution < 1.29 is 15.0 Å². The minimum Gasteiger partial charge on any atom is -0.508 e. The molecule has 0 radical (unpaired) electrons. The van der Waals surface area contributed by atoms with Crippen molar-refractivity contribution in [3.63, 3.8) is 0 Å². The predicted molar refractivity (Wildman–Crippen MR) is 108 cm³/mol. The topological polar surface area (TPSA) is 57.5 Å². The summed E-state index contributed by atoms with van der Waals surface area (Å²) in [4.78, 5) is 12.5. The van der Waals surface area contributed by atoms with Crippen molar-refractivity contribution in [2.75, 3.05) is 0 Å². The molecule has 0 spiro atoms. The lowest BCUT2D eigenvalue weighted by atomic mass is 9.44. The molecule has 2 bridgehead atoms. The van der Waals surface area contributed by atoms with Crippen LogP contribution in [0.2, 0.25) is 0 Å². The largest absolute Gasteiger partial charge is 0.508 e. The Morgan fingerprint density at radius 3 is 2.37 bits per heavy atom. The second-order valence-corrected chi connectivity index (χ2v) is 9.72. The maximum absolute atomic E-state index is 12.5. The molecule has 3 nitrogen and oxygen atoms in total. The quantitative estimate of drug-likeness (QED) is 0.530. The standard InChI is InChI=1S/C24H32O3/c1-6-7-8-9-10-23(2,3)15-11-20(26)22(21(27)12-15)16-13-19(25)18-14-17(16)24(18,4)5/h1,11-12,16-18,26-27H,7-10,13-14H2,2-5H3/t16-,17+,18-/m1/s1. The smallest absolute Gasteiger partial charge is 0.137 e. The maximum atomic E-state index is 12.5. The fraction of sp³-hybridized carbons (Fsp3) is 0.625. The highest BCUT2D eigenvalue weighted by Crippen LogP contribution is 2.64. The first kappa shape index (κ1) is 19.8. The number of benzene rings is 1. The van der Waals surface area contributed by atoms with Gasteiger partial charge in [0.1, 0.15) is 17.3 Å². The van der Waals surface area contributed by atoms with Gasteiger partial charge in [-0.15, -0.1) is 12.3 Å². The number of unbranched alkanes of at least 4 members (excludes halogenated alkanes) is 2. The van der Waals surface area contributed by atoms with Crippen molar-refractivity contribution in [2.45, 2.75) is 77.6 Å². The van der Waals surface area contributed by atoms with E-state index in [2.05, 4.69) is 33.6 Å². The molecule has 2 N–H and O–H groups in total. The van der Waals surface area contributed by atoms with Crippen LogP contribution in [0.4, 0.5) is 0 Å². The number of phenolic OH excluding ortho intramolecular Hbond substituents is 2. The third kappa shape index (κ3) is 3.35. The fourth-order valence-electron chi connectivity index (χ4n) is 5.32. The van der Waals surface area contributed by atoms with Crippen molar-refractivity contribution in [2.24, 2.45) is 17.3 Å². The van der Waals surface area contributed by atoms with Crippen molar-refractivity contribution in [3.05, 3.63) is 23.3 Å². The molecule has 3 aliphatic rings. The summed E-state index contributed by atoms with van der Waals surface area (Å²) in [5, 5.41) is 21.6. The van der Waals surface area contributed by atoms with E-state index in [1.807, 2.05) is 0 Å². The molecule has 0 amide bonds. The van der Waals surface area contributed by atoms with Gasteiger partial charge in [0.25, 0.3) is 0 Å². The van der Waals surface area contributed by atoms with Crippen LogP contribution < -0.4 is 0 Å². The molecular weight excluding hydrogens is 336 g/mol. The van der Waals surface area contributed by atoms with Gasteiger partial charge in [-0.3, -0.25) is 4.79 Å². The van der Waals surface area contributed by atoms with Crippen LogP contribution in [0.5, 0.6) is 11.5 Å². The molecule has 3 heteroatoms. The first-order chi connectivity index (χ1) is 12.6. The van der Waals surface area contributed by atoms with Crippen LogP contribution in [0.3, 0.4) is 0 Å². The van der Waals surface area contributed by atoms with Crippen molar-refractivity contribution in [1.29, 1.82) is 0 Å². The predicted octanol–water partition coefficient (Wildman–Crippen LogP) is 5.29. The molecule has 0 heterocycles. The average Bonchev–Trinajstić information content (AvgIpc) is 2.57. The Morgan fingerprint density at radius 1 is 1.22 bits per heavy atom. The van der Waals surface area contributed by atoms with Gasteiger partial charge < -0.3 is 10.2 Å². The molecule has 0 aliphatic heterocycles. The zero-order valence-electron chi connectivity index (χ0n) is 17.0. The molecule has 4 rings (SSSR count). The zero-order valence-corrected chi connectivity index (χ0v) is 17.0. The van der Waals surface area contributed by atoms with E-state index in [9.17, 15) is 15.0 Å². The second-order valence-electron chi connectivity index (χ2n) is 9.72. The Hall–Kier alpha value is -1.95. The third-order valence-corrected chi connectivity index (χ3v) is 7.30. The van der Waals surface area contributed by atoms with Crippen LogP contribution in [-0.4, -0.2) is 16.0 Å². The highest BCUT2D eigenvalue weighted by molar-refractivity contribution is 5.86. The minimum absolute atomic E-state index is 0.0478. The second kappa shape index (κ2) is 6.89. The summed E-state index contributed by atoms with van der Waals surface area (Å²) in [5.74, 6) is 3.57. The number of hydrogen-bond donors (Lipinski definition) is 2. The average molecular weight is 369 g/mol. The fourth-order valence-corrected chi connectivity index (χ4v) is 5.32. The number of terminal acetylenes is 1. The van der Waals surface area contributed by atoms with Gasteiger partial charge in [0.2, 0.25) is 0 Å². The van der Waals surface area contributed by atoms with Gasteiger partial charge in [-0.25, -0.2) is 0 Å². The summed E-state index contributed by atoms with van der Waals surface area (Å²) in [6.45, 7) is 8.52. The molecule has 3 saturated carbocycles.